The molecule has 1 aliphatic heterocycles. The van der Waals surface area contributed by atoms with E-state index in [4.69, 9.17) is 21.1 Å². The highest BCUT2D eigenvalue weighted by atomic mass is 35.5. The molecule has 0 N–H and O–H groups in total. The van der Waals surface area contributed by atoms with Crippen molar-refractivity contribution < 1.29 is 9.47 Å². The quantitative estimate of drug-likeness (QED) is 0.629. The molecule has 3 aromatic carbocycles. The van der Waals surface area contributed by atoms with Gasteiger partial charge in [0.2, 0.25) is 0 Å². The van der Waals surface area contributed by atoms with Crippen molar-refractivity contribution in [2.24, 2.45) is 5.41 Å². The average Bonchev–Trinajstić information content (AvgIpc) is 2.49. The molecule has 0 amide bonds. The molecular weight excluding hydrogens is 296 g/mol. The molecule has 0 unspecified atom stereocenters. The molecule has 0 bridgehead atoms. The third kappa shape index (κ3) is 2.33. The predicted octanol–water partition coefficient (Wildman–Crippen LogP) is 5.06. The van der Waals surface area contributed by atoms with E-state index in [1.54, 1.807) is 0 Å². The molecule has 1 fully saturated rings. The molecule has 22 heavy (non-hydrogen) atoms. The van der Waals surface area contributed by atoms with Crippen LogP contribution in [-0.2, 0) is 4.74 Å². The van der Waals surface area contributed by atoms with Crippen molar-refractivity contribution in [2.75, 3.05) is 19.8 Å². The molecular formula is C19H17ClO2. The lowest BCUT2D eigenvalue weighted by Gasteiger charge is -2.37. The van der Waals surface area contributed by atoms with E-state index in [0.29, 0.717) is 6.61 Å². The van der Waals surface area contributed by atoms with Gasteiger partial charge in [-0.25, -0.2) is 0 Å². The number of rotatable bonds is 3. The summed E-state index contributed by atoms with van der Waals surface area (Å²) in [5.41, 5.74) is 0.121. The number of ether oxygens (including phenoxy) is 2. The fourth-order valence-electron chi connectivity index (χ4n) is 2.94. The van der Waals surface area contributed by atoms with Gasteiger partial charge in [-0.05, 0) is 35.0 Å². The van der Waals surface area contributed by atoms with Crippen LogP contribution in [-0.4, -0.2) is 19.8 Å². The van der Waals surface area contributed by atoms with Gasteiger partial charge in [0.1, 0.15) is 5.75 Å². The Balaban J connectivity index is 1.87. The van der Waals surface area contributed by atoms with Gasteiger partial charge in [0.15, 0.2) is 0 Å². The Hall–Kier alpha value is -1.77. The summed E-state index contributed by atoms with van der Waals surface area (Å²) >= 11 is 6.15. The molecule has 1 saturated heterocycles. The molecule has 1 aliphatic rings. The SMILES string of the molecule is CC1(COc2c3ccccc3cc3cc(Cl)ccc23)COC1. The number of hydrogen-bond acceptors (Lipinski definition) is 2. The smallest absolute Gasteiger partial charge is 0.134 e. The van der Waals surface area contributed by atoms with Gasteiger partial charge in [-0.3, -0.25) is 0 Å². The average molecular weight is 313 g/mol. The summed E-state index contributed by atoms with van der Waals surface area (Å²) in [6, 6.07) is 16.4. The highest BCUT2D eigenvalue weighted by Gasteiger charge is 2.34. The van der Waals surface area contributed by atoms with Crippen molar-refractivity contribution in [2.45, 2.75) is 6.92 Å². The Morgan fingerprint density at radius 1 is 1.05 bits per heavy atom. The number of hydrogen-bond donors (Lipinski definition) is 0. The normalized spacial score (nSPS) is 16.6. The van der Waals surface area contributed by atoms with Gasteiger partial charge in [0, 0.05) is 21.2 Å². The monoisotopic (exact) mass is 312 g/mol. The van der Waals surface area contributed by atoms with Crippen LogP contribution in [0, 0.1) is 5.41 Å². The van der Waals surface area contributed by atoms with Crippen molar-refractivity contribution in [3.63, 3.8) is 0 Å². The van der Waals surface area contributed by atoms with Crippen LogP contribution in [0.25, 0.3) is 21.5 Å². The van der Waals surface area contributed by atoms with Crippen molar-refractivity contribution in [1.29, 1.82) is 0 Å². The van der Waals surface area contributed by atoms with Gasteiger partial charge >= 0.3 is 0 Å². The maximum Gasteiger partial charge on any atom is 0.134 e. The molecule has 0 spiro atoms. The summed E-state index contributed by atoms with van der Waals surface area (Å²) in [5, 5.41) is 5.26. The molecule has 3 heteroatoms. The summed E-state index contributed by atoms with van der Waals surface area (Å²) in [7, 11) is 0. The molecule has 0 radical (unpaired) electrons. The summed E-state index contributed by atoms with van der Waals surface area (Å²) in [4.78, 5) is 0. The highest BCUT2D eigenvalue weighted by molar-refractivity contribution is 6.31. The van der Waals surface area contributed by atoms with Crippen molar-refractivity contribution in [3.8, 4) is 5.75 Å². The number of fused-ring (bicyclic) bond motifs is 2. The highest BCUT2D eigenvalue weighted by Crippen LogP contribution is 2.37. The van der Waals surface area contributed by atoms with Crippen molar-refractivity contribution in [1.82, 2.24) is 0 Å². The van der Waals surface area contributed by atoms with Crippen LogP contribution < -0.4 is 4.74 Å². The topological polar surface area (TPSA) is 18.5 Å². The Morgan fingerprint density at radius 3 is 2.59 bits per heavy atom. The first-order valence-corrected chi connectivity index (χ1v) is 7.84. The van der Waals surface area contributed by atoms with E-state index in [-0.39, 0.29) is 5.41 Å². The van der Waals surface area contributed by atoms with Crippen LogP contribution in [0.4, 0.5) is 0 Å². The van der Waals surface area contributed by atoms with Gasteiger partial charge in [-0.2, -0.15) is 0 Å². The van der Waals surface area contributed by atoms with E-state index in [1.807, 2.05) is 30.3 Å². The first kappa shape index (κ1) is 13.9. The van der Waals surface area contributed by atoms with E-state index in [2.05, 4.69) is 25.1 Å². The van der Waals surface area contributed by atoms with Crippen LogP contribution >= 0.6 is 11.6 Å². The predicted molar refractivity (Wildman–Crippen MR) is 90.9 cm³/mol. The van der Waals surface area contributed by atoms with Gasteiger partial charge in [-0.1, -0.05) is 42.8 Å². The first-order valence-electron chi connectivity index (χ1n) is 7.46. The molecule has 2 nitrogen and oxygen atoms in total. The zero-order chi connectivity index (χ0) is 15.2. The van der Waals surface area contributed by atoms with E-state index in [1.165, 1.54) is 5.39 Å². The molecule has 0 atom stereocenters. The van der Waals surface area contributed by atoms with Gasteiger partial charge in [-0.15, -0.1) is 0 Å². The minimum Gasteiger partial charge on any atom is -0.492 e. The summed E-state index contributed by atoms with van der Waals surface area (Å²) in [6.45, 7) is 4.39. The van der Waals surface area contributed by atoms with E-state index < -0.39 is 0 Å². The summed E-state index contributed by atoms with van der Waals surface area (Å²) in [6.07, 6.45) is 0. The molecule has 112 valence electrons. The lowest BCUT2D eigenvalue weighted by atomic mass is 9.90. The summed E-state index contributed by atoms with van der Waals surface area (Å²) in [5.74, 6) is 0.942. The molecule has 0 aromatic heterocycles. The van der Waals surface area contributed by atoms with Crippen molar-refractivity contribution in [3.05, 3.63) is 53.6 Å². The van der Waals surface area contributed by atoms with Gasteiger partial charge in [0.25, 0.3) is 0 Å². The fraction of sp³-hybridized carbons (Fsp3) is 0.263. The Labute approximate surface area is 134 Å². The zero-order valence-corrected chi connectivity index (χ0v) is 13.2. The van der Waals surface area contributed by atoms with Crippen LogP contribution in [0.2, 0.25) is 5.02 Å². The maximum absolute atomic E-state index is 6.26. The van der Waals surface area contributed by atoms with Crippen LogP contribution in [0.15, 0.2) is 48.5 Å². The third-order valence-electron chi connectivity index (χ3n) is 4.24. The molecule has 4 rings (SSSR count). The molecule has 3 aromatic rings. The lowest BCUT2D eigenvalue weighted by Crippen LogP contribution is -2.44. The van der Waals surface area contributed by atoms with E-state index >= 15 is 0 Å². The molecule has 0 aliphatic carbocycles. The molecule has 1 heterocycles. The van der Waals surface area contributed by atoms with Crippen LogP contribution in [0.1, 0.15) is 6.92 Å². The summed E-state index contributed by atoms with van der Waals surface area (Å²) < 4.78 is 11.6. The van der Waals surface area contributed by atoms with Gasteiger partial charge in [0.05, 0.1) is 19.8 Å². The Morgan fingerprint density at radius 2 is 1.82 bits per heavy atom. The van der Waals surface area contributed by atoms with Gasteiger partial charge < -0.3 is 9.47 Å². The fourth-order valence-corrected chi connectivity index (χ4v) is 3.12. The maximum atomic E-state index is 6.26. The Bertz CT molecular complexity index is 853. The second-order valence-corrected chi connectivity index (χ2v) is 6.82. The molecule has 0 saturated carbocycles. The number of halogens is 1. The standard InChI is InChI=1S/C19H17ClO2/c1-19(10-21-11-19)12-22-18-16-5-3-2-4-13(16)8-14-9-15(20)6-7-17(14)18/h2-9H,10-12H2,1H3. The minimum atomic E-state index is 0.121. The lowest BCUT2D eigenvalue weighted by molar-refractivity contribution is -0.120. The first-order chi connectivity index (χ1) is 10.6. The van der Waals surface area contributed by atoms with Crippen LogP contribution in [0.5, 0.6) is 5.75 Å². The second kappa shape index (κ2) is 5.15. The third-order valence-corrected chi connectivity index (χ3v) is 4.48. The zero-order valence-electron chi connectivity index (χ0n) is 12.4. The number of benzene rings is 3. The minimum absolute atomic E-state index is 0.121. The largest absolute Gasteiger partial charge is 0.492 e. The Kier molecular flexibility index (Phi) is 3.24. The van der Waals surface area contributed by atoms with Crippen molar-refractivity contribution >= 4 is 33.1 Å². The van der Waals surface area contributed by atoms with E-state index in [0.717, 1.165) is 40.1 Å². The van der Waals surface area contributed by atoms with Crippen LogP contribution in [0.3, 0.4) is 0 Å². The second-order valence-electron chi connectivity index (χ2n) is 6.38. The van der Waals surface area contributed by atoms with E-state index in [9.17, 15) is 0 Å².